The van der Waals surface area contributed by atoms with Crippen molar-refractivity contribution in [3.8, 4) is 0 Å². The van der Waals surface area contributed by atoms with E-state index in [2.05, 4.69) is 20.1 Å². The van der Waals surface area contributed by atoms with Crippen molar-refractivity contribution in [2.45, 2.75) is 38.4 Å². The van der Waals surface area contributed by atoms with Gasteiger partial charge < -0.3 is 19.9 Å². The van der Waals surface area contributed by atoms with Crippen molar-refractivity contribution in [2.24, 2.45) is 0 Å². The Morgan fingerprint density at radius 2 is 1.84 bits per heavy atom. The molecule has 4 heterocycles. The van der Waals surface area contributed by atoms with Gasteiger partial charge in [0.2, 0.25) is 0 Å². The van der Waals surface area contributed by atoms with E-state index in [4.69, 9.17) is 5.11 Å². The van der Waals surface area contributed by atoms with Crippen LogP contribution >= 0.6 is 0 Å². The molecule has 1 fully saturated rings. The summed E-state index contributed by atoms with van der Waals surface area (Å²) in [6.45, 7) is 2.82. The van der Waals surface area contributed by atoms with E-state index in [1.165, 1.54) is 30.7 Å². The number of fused-ring (bicyclic) bond motifs is 2. The maximum atomic E-state index is 13.8. The number of carbonyl (C=O) groups excluding carboxylic acids is 2. The van der Waals surface area contributed by atoms with Crippen LogP contribution in [0.3, 0.4) is 0 Å². The number of H-pyrrole nitrogens is 1. The van der Waals surface area contributed by atoms with Crippen molar-refractivity contribution in [3.63, 3.8) is 0 Å². The van der Waals surface area contributed by atoms with Crippen molar-refractivity contribution in [2.75, 3.05) is 13.6 Å². The van der Waals surface area contributed by atoms with E-state index in [9.17, 15) is 18.8 Å². The molecular formula is C26H24FN7O4. The summed E-state index contributed by atoms with van der Waals surface area (Å²) in [5.41, 5.74) is 1.91. The topological polar surface area (TPSA) is 137 Å². The Labute approximate surface area is 215 Å². The maximum absolute atomic E-state index is 13.8. The van der Waals surface area contributed by atoms with Gasteiger partial charge in [-0.05, 0) is 43.5 Å². The van der Waals surface area contributed by atoms with Gasteiger partial charge in [0.15, 0.2) is 5.82 Å². The summed E-state index contributed by atoms with van der Waals surface area (Å²) in [7, 11) is 1.67. The van der Waals surface area contributed by atoms with Gasteiger partial charge in [-0.2, -0.15) is 5.10 Å². The molecule has 1 aromatic carbocycles. The summed E-state index contributed by atoms with van der Waals surface area (Å²) in [6.07, 6.45) is 5.30. The highest BCUT2D eigenvalue weighted by molar-refractivity contribution is 5.99. The van der Waals surface area contributed by atoms with Gasteiger partial charge in [0, 0.05) is 36.9 Å². The third-order valence-electron chi connectivity index (χ3n) is 7.51. The number of carbonyl (C=O) groups is 3. The molecule has 0 unspecified atom stereocenters. The number of carboxylic acid groups (broad SMARTS) is 1. The van der Waals surface area contributed by atoms with Crippen molar-refractivity contribution in [3.05, 3.63) is 76.5 Å². The lowest BCUT2D eigenvalue weighted by Gasteiger charge is -2.30. The number of halogens is 1. The highest BCUT2D eigenvalue weighted by Crippen LogP contribution is 2.49. The number of aromatic amines is 1. The monoisotopic (exact) mass is 517 g/mol. The Bertz CT molecular complexity index is 1620. The second kappa shape index (κ2) is 8.47. The molecule has 3 aromatic heterocycles. The number of aromatic carboxylic acids is 1. The van der Waals surface area contributed by atoms with E-state index in [0.717, 1.165) is 10.9 Å². The second-order valence-electron chi connectivity index (χ2n) is 9.82. The number of hydrogen-bond donors (Lipinski definition) is 2. The van der Waals surface area contributed by atoms with Crippen LogP contribution in [0.1, 0.15) is 61.1 Å². The number of nitrogens with one attached hydrogen (secondary N) is 1. The molecule has 0 saturated heterocycles. The minimum absolute atomic E-state index is 0.0238. The first kappa shape index (κ1) is 23.8. The largest absolute Gasteiger partial charge is 0.478 e. The van der Waals surface area contributed by atoms with Crippen LogP contribution in [-0.4, -0.2) is 71.0 Å². The molecule has 1 aliphatic carbocycles. The van der Waals surface area contributed by atoms with Crippen LogP contribution in [0.2, 0.25) is 0 Å². The Morgan fingerprint density at radius 3 is 2.53 bits per heavy atom. The second-order valence-corrected chi connectivity index (χ2v) is 9.82. The maximum Gasteiger partial charge on any atom is 0.338 e. The summed E-state index contributed by atoms with van der Waals surface area (Å²) in [5, 5.41) is 14.3. The van der Waals surface area contributed by atoms with Gasteiger partial charge in [-0.1, -0.05) is 0 Å². The molecule has 2 N–H and O–H groups in total. The molecule has 0 radical (unpaired) electrons. The van der Waals surface area contributed by atoms with Crippen molar-refractivity contribution >= 4 is 28.7 Å². The number of benzene rings is 1. The molecule has 1 saturated carbocycles. The van der Waals surface area contributed by atoms with Gasteiger partial charge >= 0.3 is 5.97 Å². The van der Waals surface area contributed by atoms with E-state index in [0.29, 0.717) is 54.2 Å². The van der Waals surface area contributed by atoms with Gasteiger partial charge in [0.1, 0.15) is 17.1 Å². The Morgan fingerprint density at radius 1 is 1.11 bits per heavy atom. The molecule has 2 aliphatic rings. The molecule has 2 amide bonds. The van der Waals surface area contributed by atoms with Crippen molar-refractivity contribution in [1.29, 1.82) is 0 Å². The molecule has 6 rings (SSSR count). The van der Waals surface area contributed by atoms with Crippen molar-refractivity contribution < 1.29 is 23.9 Å². The third-order valence-corrected chi connectivity index (χ3v) is 7.51. The van der Waals surface area contributed by atoms with Crippen LogP contribution < -0.4 is 0 Å². The van der Waals surface area contributed by atoms with Crippen LogP contribution in [-0.2, 0) is 18.6 Å². The smallest absolute Gasteiger partial charge is 0.338 e. The number of aryl methyl sites for hydroxylation is 1. The number of aromatic nitrogens is 5. The van der Waals surface area contributed by atoms with Gasteiger partial charge in [0.05, 0.1) is 36.1 Å². The Hall–Kier alpha value is -4.61. The van der Waals surface area contributed by atoms with Crippen LogP contribution in [0, 0.1) is 12.7 Å². The molecule has 1 aliphatic heterocycles. The first-order valence-electron chi connectivity index (χ1n) is 12.1. The molecule has 12 heteroatoms. The average molecular weight is 518 g/mol. The zero-order valence-corrected chi connectivity index (χ0v) is 20.7. The summed E-state index contributed by atoms with van der Waals surface area (Å²) < 4.78 is 15.6. The fourth-order valence-electron chi connectivity index (χ4n) is 5.14. The molecule has 0 bridgehead atoms. The minimum atomic E-state index is -1.12. The van der Waals surface area contributed by atoms with Crippen LogP contribution in [0.25, 0.3) is 10.9 Å². The zero-order chi connectivity index (χ0) is 26.8. The molecule has 4 aromatic rings. The predicted octanol–water partition coefficient (Wildman–Crippen LogP) is 2.72. The van der Waals surface area contributed by atoms with E-state index >= 15 is 0 Å². The third kappa shape index (κ3) is 3.71. The van der Waals surface area contributed by atoms with Crippen LogP contribution in [0.15, 0.2) is 36.8 Å². The summed E-state index contributed by atoms with van der Waals surface area (Å²) in [4.78, 5) is 52.8. The Balaban J connectivity index is 1.24. The van der Waals surface area contributed by atoms with E-state index in [-0.39, 0.29) is 29.7 Å². The number of amides is 2. The lowest BCUT2D eigenvalue weighted by atomic mass is 10.1. The minimum Gasteiger partial charge on any atom is -0.478 e. The van der Waals surface area contributed by atoms with E-state index in [1.807, 2.05) is 0 Å². The normalized spacial score (nSPS) is 15.8. The fourth-order valence-corrected chi connectivity index (χ4v) is 5.14. The van der Waals surface area contributed by atoms with Gasteiger partial charge in [-0.25, -0.2) is 19.2 Å². The number of hydrogen-bond acceptors (Lipinski definition) is 6. The SMILES string of the molecule is Cc1cc(F)cc2[nH]c(C(=O)N3CCn4ncc(C(=O)N(C)C5(c6ncc(C(=O)O)cn6)CC5)c4C3)cc12. The average Bonchev–Trinajstić information content (AvgIpc) is 3.42. The lowest BCUT2D eigenvalue weighted by Crippen LogP contribution is -2.41. The summed E-state index contributed by atoms with van der Waals surface area (Å²) in [6, 6.07) is 4.52. The quantitative estimate of drug-likeness (QED) is 0.415. The first-order valence-corrected chi connectivity index (χ1v) is 12.1. The van der Waals surface area contributed by atoms with Crippen molar-refractivity contribution in [1.82, 2.24) is 34.5 Å². The predicted molar refractivity (Wildman–Crippen MR) is 132 cm³/mol. The summed E-state index contributed by atoms with van der Waals surface area (Å²) in [5.74, 6) is -1.62. The lowest BCUT2D eigenvalue weighted by molar-refractivity contribution is 0.0664. The summed E-state index contributed by atoms with van der Waals surface area (Å²) >= 11 is 0. The molecule has 0 atom stereocenters. The molecule has 11 nitrogen and oxygen atoms in total. The van der Waals surface area contributed by atoms with Crippen LogP contribution in [0.4, 0.5) is 4.39 Å². The first-order chi connectivity index (χ1) is 18.2. The highest BCUT2D eigenvalue weighted by Gasteiger charge is 2.53. The fraction of sp³-hybridized carbons (Fsp3) is 0.308. The highest BCUT2D eigenvalue weighted by atomic mass is 19.1. The van der Waals surface area contributed by atoms with Gasteiger partial charge in [0.25, 0.3) is 11.8 Å². The van der Waals surface area contributed by atoms with E-state index in [1.54, 1.807) is 34.5 Å². The van der Waals surface area contributed by atoms with Crippen LogP contribution in [0.5, 0.6) is 0 Å². The number of nitrogens with zero attached hydrogens (tertiary/aromatic N) is 6. The van der Waals surface area contributed by atoms with Gasteiger partial charge in [-0.3, -0.25) is 14.3 Å². The van der Waals surface area contributed by atoms with E-state index < -0.39 is 11.5 Å². The number of carboxylic acids is 1. The molecule has 38 heavy (non-hydrogen) atoms. The standard InChI is InChI=1S/C26H24FN7O4/c1-14-7-16(27)8-19-17(14)9-20(31-19)23(36)33-5-6-34-21(13-33)18(12-30-34)22(35)32(2)26(3-4-26)25-28-10-15(11-29-25)24(37)38/h7-12,31H,3-6,13H2,1-2H3,(H,37,38). The molecular weight excluding hydrogens is 493 g/mol. The Kier molecular flexibility index (Phi) is 5.30. The molecule has 0 spiro atoms. The zero-order valence-electron chi connectivity index (χ0n) is 20.7. The van der Waals surface area contributed by atoms with Gasteiger partial charge in [-0.15, -0.1) is 0 Å². The molecule has 194 valence electrons. The number of rotatable bonds is 5.